The molecule has 0 saturated carbocycles. The van der Waals surface area contributed by atoms with E-state index >= 15 is 0 Å². The molecule has 21 heavy (non-hydrogen) atoms. The van der Waals surface area contributed by atoms with E-state index < -0.39 is 25.0 Å². The number of halogens is 1. The van der Waals surface area contributed by atoms with E-state index in [0.717, 1.165) is 0 Å². The monoisotopic (exact) mass is 318 g/mol. The van der Waals surface area contributed by atoms with Gasteiger partial charge in [0.05, 0.1) is 19.8 Å². The molecule has 0 spiro atoms. The second kappa shape index (κ2) is 8.27. The molecule has 0 aliphatic heterocycles. The zero-order chi connectivity index (χ0) is 15.9. The molecule has 0 radical (unpaired) electrons. The molecule has 1 aromatic carbocycles. The highest BCUT2D eigenvalue weighted by Crippen LogP contribution is 2.61. The Balaban J connectivity index is 3.25. The number of hydrogen-bond acceptors (Lipinski definition) is 5. The van der Waals surface area contributed by atoms with Crippen LogP contribution < -0.4 is 0 Å². The number of hydrogen-bond donors (Lipinski definition) is 0. The quantitative estimate of drug-likeness (QED) is 0.540. The van der Waals surface area contributed by atoms with E-state index in [1.54, 1.807) is 20.8 Å². The van der Waals surface area contributed by atoms with Gasteiger partial charge in [-0.1, -0.05) is 12.1 Å². The van der Waals surface area contributed by atoms with Gasteiger partial charge in [0.15, 0.2) is 5.66 Å². The first kappa shape index (κ1) is 17.8. The van der Waals surface area contributed by atoms with Crippen molar-refractivity contribution in [2.24, 2.45) is 0 Å². The van der Waals surface area contributed by atoms with Gasteiger partial charge in [-0.3, -0.25) is 9.36 Å². The summed E-state index contributed by atoms with van der Waals surface area (Å²) < 4.78 is 41.3. The number of carbonyl (C=O) groups excluding carboxylic acids is 1. The van der Waals surface area contributed by atoms with Crippen molar-refractivity contribution in [1.82, 2.24) is 0 Å². The van der Waals surface area contributed by atoms with E-state index in [-0.39, 0.29) is 19.8 Å². The largest absolute Gasteiger partial charge is 0.465 e. The van der Waals surface area contributed by atoms with Crippen molar-refractivity contribution in [2.75, 3.05) is 19.8 Å². The molecule has 0 heterocycles. The van der Waals surface area contributed by atoms with Crippen LogP contribution in [0.4, 0.5) is 4.39 Å². The fourth-order valence-electron chi connectivity index (χ4n) is 1.86. The molecule has 1 atom stereocenters. The van der Waals surface area contributed by atoms with Gasteiger partial charge in [-0.15, -0.1) is 0 Å². The Kier molecular flexibility index (Phi) is 7.02. The average Bonchev–Trinajstić information content (AvgIpc) is 2.42. The topological polar surface area (TPSA) is 61.8 Å². The summed E-state index contributed by atoms with van der Waals surface area (Å²) in [6, 6.07) is 5.12. The lowest BCUT2D eigenvalue weighted by Gasteiger charge is -2.25. The number of carbonyl (C=O) groups is 1. The number of esters is 1. The third-order valence-electron chi connectivity index (χ3n) is 2.63. The molecule has 0 aliphatic rings. The van der Waals surface area contributed by atoms with Crippen LogP contribution in [0.1, 0.15) is 32.0 Å². The van der Waals surface area contributed by atoms with E-state index in [1.165, 1.54) is 24.3 Å². The smallest absolute Gasteiger partial charge is 0.349 e. The van der Waals surface area contributed by atoms with E-state index in [2.05, 4.69) is 0 Å². The van der Waals surface area contributed by atoms with Crippen molar-refractivity contribution in [3.8, 4) is 0 Å². The van der Waals surface area contributed by atoms with E-state index in [1.807, 2.05) is 0 Å². The Bertz CT molecular complexity index is 493. The van der Waals surface area contributed by atoms with Gasteiger partial charge in [-0.05, 0) is 38.5 Å². The summed E-state index contributed by atoms with van der Waals surface area (Å²) in [7, 11) is -3.75. The third-order valence-corrected chi connectivity index (χ3v) is 5.01. The van der Waals surface area contributed by atoms with Crippen molar-refractivity contribution in [3.05, 3.63) is 35.6 Å². The summed E-state index contributed by atoms with van der Waals surface area (Å²) in [6.07, 6.45) is 0. The zero-order valence-electron chi connectivity index (χ0n) is 12.4. The van der Waals surface area contributed by atoms with E-state index in [9.17, 15) is 13.8 Å². The standard InChI is InChI=1S/C14H20FO5P/c1-4-18-14(16)13(11-7-9-12(15)10-8-11)21(17,19-5-2)20-6-3/h7-10,13H,4-6H2,1-3H3/t13-/m1/s1. The lowest BCUT2D eigenvalue weighted by molar-refractivity contribution is -0.143. The van der Waals surface area contributed by atoms with Gasteiger partial charge in [0.2, 0.25) is 0 Å². The van der Waals surface area contributed by atoms with Crippen LogP contribution in [-0.4, -0.2) is 25.8 Å². The summed E-state index contributed by atoms with van der Waals surface area (Å²) in [4.78, 5) is 12.2. The molecule has 0 fully saturated rings. The molecule has 0 bridgehead atoms. The highest BCUT2D eigenvalue weighted by molar-refractivity contribution is 7.55. The van der Waals surface area contributed by atoms with Gasteiger partial charge in [0.1, 0.15) is 5.82 Å². The molecular formula is C14H20FO5P. The molecule has 0 unspecified atom stereocenters. The summed E-state index contributed by atoms with van der Waals surface area (Å²) in [6.45, 7) is 5.32. The van der Waals surface area contributed by atoms with E-state index in [0.29, 0.717) is 5.56 Å². The minimum absolute atomic E-state index is 0.119. The first-order valence-electron chi connectivity index (χ1n) is 6.79. The molecule has 0 aliphatic carbocycles. The fraction of sp³-hybridized carbons (Fsp3) is 0.500. The van der Waals surface area contributed by atoms with Crippen LogP contribution in [0, 0.1) is 5.82 Å². The maximum atomic E-state index is 13.0. The molecule has 0 saturated heterocycles. The summed E-state index contributed by atoms with van der Waals surface area (Å²) >= 11 is 0. The van der Waals surface area contributed by atoms with Crippen molar-refractivity contribution < 1.29 is 27.5 Å². The SMILES string of the molecule is CCOC(=O)[C@@H](c1ccc(F)cc1)P(=O)(OCC)OCC. The van der Waals surface area contributed by atoms with Crippen LogP contribution in [0.2, 0.25) is 0 Å². The molecule has 1 rings (SSSR count). The third kappa shape index (κ3) is 4.63. The van der Waals surface area contributed by atoms with Gasteiger partial charge in [0.25, 0.3) is 0 Å². The lowest BCUT2D eigenvalue weighted by Crippen LogP contribution is -2.19. The van der Waals surface area contributed by atoms with Crippen LogP contribution in [0.3, 0.4) is 0 Å². The summed E-state index contributed by atoms with van der Waals surface area (Å²) in [5.74, 6) is -1.17. The molecule has 1 aromatic rings. The number of rotatable bonds is 8. The highest BCUT2D eigenvalue weighted by atomic mass is 31.2. The molecule has 118 valence electrons. The molecule has 7 heteroatoms. The predicted octanol–water partition coefficient (Wildman–Crippen LogP) is 3.70. The second-order valence-corrected chi connectivity index (χ2v) is 6.19. The fourth-order valence-corrected chi connectivity index (χ4v) is 3.82. The number of benzene rings is 1. The average molecular weight is 318 g/mol. The highest BCUT2D eigenvalue weighted by Gasteiger charge is 2.43. The van der Waals surface area contributed by atoms with Crippen LogP contribution in [-0.2, 0) is 23.1 Å². The Hall–Kier alpha value is -1.23. The first-order valence-corrected chi connectivity index (χ1v) is 8.40. The summed E-state index contributed by atoms with van der Waals surface area (Å²) in [5.41, 5.74) is -0.891. The van der Waals surface area contributed by atoms with Crippen molar-refractivity contribution in [2.45, 2.75) is 26.4 Å². The van der Waals surface area contributed by atoms with Gasteiger partial charge in [-0.25, -0.2) is 4.39 Å². The molecule has 0 amide bonds. The van der Waals surface area contributed by atoms with Crippen molar-refractivity contribution in [1.29, 1.82) is 0 Å². The Morgan fingerprint density at radius 2 is 1.62 bits per heavy atom. The van der Waals surface area contributed by atoms with Gasteiger partial charge in [0, 0.05) is 0 Å². The predicted molar refractivity (Wildman–Crippen MR) is 76.6 cm³/mol. The van der Waals surface area contributed by atoms with Crippen molar-refractivity contribution >= 4 is 13.6 Å². The normalized spacial score (nSPS) is 13.0. The second-order valence-electron chi connectivity index (χ2n) is 4.08. The Labute approximate surface area is 123 Å². The number of ether oxygens (including phenoxy) is 1. The summed E-state index contributed by atoms with van der Waals surface area (Å²) in [5, 5.41) is 0. The minimum Gasteiger partial charge on any atom is -0.465 e. The van der Waals surface area contributed by atoms with Crippen LogP contribution in [0.5, 0.6) is 0 Å². The van der Waals surface area contributed by atoms with Gasteiger partial charge >= 0.3 is 13.6 Å². The Morgan fingerprint density at radius 1 is 1.10 bits per heavy atom. The molecular weight excluding hydrogens is 298 g/mol. The maximum Gasteiger partial charge on any atom is 0.349 e. The first-order chi connectivity index (χ1) is 9.98. The molecule has 0 aromatic heterocycles. The van der Waals surface area contributed by atoms with Crippen LogP contribution >= 0.6 is 7.60 Å². The molecule has 5 nitrogen and oxygen atoms in total. The minimum atomic E-state index is -3.75. The zero-order valence-corrected chi connectivity index (χ0v) is 13.3. The van der Waals surface area contributed by atoms with Crippen LogP contribution in [0.25, 0.3) is 0 Å². The van der Waals surface area contributed by atoms with Crippen molar-refractivity contribution in [3.63, 3.8) is 0 Å². The maximum absolute atomic E-state index is 13.0. The molecule has 0 N–H and O–H groups in total. The van der Waals surface area contributed by atoms with E-state index in [4.69, 9.17) is 13.8 Å². The Morgan fingerprint density at radius 3 is 2.05 bits per heavy atom. The lowest BCUT2D eigenvalue weighted by atomic mass is 10.1. The van der Waals surface area contributed by atoms with Gasteiger partial charge in [-0.2, -0.15) is 0 Å². The van der Waals surface area contributed by atoms with Crippen LogP contribution in [0.15, 0.2) is 24.3 Å². The van der Waals surface area contributed by atoms with Gasteiger partial charge < -0.3 is 13.8 Å².